The minimum absolute atomic E-state index is 0.0469. The molecule has 0 bridgehead atoms. The number of aryl methyl sites for hydroxylation is 1. The molecule has 2 aromatic carbocycles. The van der Waals surface area contributed by atoms with Gasteiger partial charge in [0, 0.05) is 12.6 Å². The quantitative estimate of drug-likeness (QED) is 0.644. The van der Waals surface area contributed by atoms with Crippen LogP contribution in [0.5, 0.6) is 5.75 Å². The van der Waals surface area contributed by atoms with E-state index >= 15 is 0 Å². The molecule has 30 heavy (non-hydrogen) atoms. The standard InChI is InChI=1S/C21H24N2O6S/c1-16-9-11-19(12-10-16)30(26,27)23(21(25)29-3)13-5-8-20(24)22-15-17-6-4-7-18(14-17)28-2/h4-12,14H,13,15H2,1-3H3,(H,22,24)/b8-5+. The molecule has 2 rings (SSSR count). The van der Waals surface area contributed by atoms with Gasteiger partial charge in [-0.3, -0.25) is 4.79 Å². The molecule has 9 heteroatoms. The fraction of sp³-hybridized carbons (Fsp3) is 0.238. The van der Waals surface area contributed by atoms with Crippen LogP contribution in [-0.2, 0) is 26.1 Å². The molecule has 0 aliphatic carbocycles. The highest BCUT2D eigenvalue weighted by atomic mass is 32.2. The lowest BCUT2D eigenvalue weighted by atomic mass is 10.2. The van der Waals surface area contributed by atoms with Gasteiger partial charge >= 0.3 is 6.09 Å². The van der Waals surface area contributed by atoms with E-state index in [0.717, 1.165) is 18.2 Å². The van der Waals surface area contributed by atoms with Gasteiger partial charge in [-0.1, -0.05) is 35.9 Å². The molecular formula is C21H24N2O6S. The minimum atomic E-state index is -4.13. The maximum absolute atomic E-state index is 12.8. The summed E-state index contributed by atoms with van der Waals surface area (Å²) in [7, 11) is -1.49. The topological polar surface area (TPSA) is 102 Å². The van der Waals surface area contributed by atoms with Crippen molar-refractivity contribution in [1.29, 1.82) is 0 Å². The number of rotatable bonds is 8. The first-order valence-corrected chi connectivity index (χ1v) is 10.5. The molecule has 1 N–H and O–H groups in total. The summed E-state index contributed by atoms with van der Waals surface area (Å²) in [5.74, 6) is 0.239. The average Bonchev–Trinajstić information content (AvgIpc) is 2.75. The predicted molar refractivity (Wildman–Crippen MR) is 111 cm³/mol. The number of nitrogens with zero attached hydrogens (tertiary/aromatic N) is 1. The van der Waals surface area contributed by atoms with E-state index in [1.54, 1.807) is 37.4 Å². The fourth-order valence-electron chi connectivity index (χ4n) is 2.50. The van der Waals surface area contributed by atoms with Crippen LogP contribution in [0.1, 0.15) is 11.1 Å². The van der Waals surface area contributed by atoms with E-state index in [-0.39, 0.29) is 18.0 Å². The van der Waals surface area contributed by atoms with E-state index < -0.39 is 22.0 Å². The van der Waals surface area contributed by atoms with E-state index in [4.69, 9.17) is 4.74 Å². The average molecular weight is 432 g/mol. The molecule has 160 valence electrons. The summed E-state index contributed by atoms with van der Waals surface area (Å²) >= 11 is 0. The Morgan fingerprint density at radius 3 is 2.43 bits per heavy atom. The summed E-state index contributed by atoms with van der Waals surface area (Å²) in [6, 6.07) is 13.3. The van der Waals surface area contributed by atoms with Crippen LogP contribution in [0.2, 0.25) is 0 Å². The molecule has 0 spiro atoms. The van der Waals surface area contributed by atoms with Crippen LogP contribution < -0.4 is 10.1 Å². The zero-order chi connectivity index (χ0) is 22.1. The van der Waals surface area contributed by atoms with Crippen molar-refractivity contribution in [2.45, 2.75) is 18.4 Å². The van der Waals surface area contributed by atoms with E-state index in [1.165, 1.54) is 24.3 Å². The van der Waals surface area contributed by atoms with E-state index in [9.17, 15) is 18.0 Å². The first kappa shape index (κ1) is 23.0. The van der Waals surface area contributed by atoms with E-state index in [0.29, 0.717) is 10.1 Å². The number of methoxy groups -OCH3 is 2. The molecule has 8 nitrogen and oxygen atoms in total. The maximum Gasteiger partial charge on any atom is 0.423 e. The van der Waals surface area contributed by atoms with Gasteiger partial charge in [0.2, 0.25) is 5.91 Å². The molecule has 0 fully saturated rings. The lowest BCUT2D eigenvalue weighted by molar-refractivity contribution is -0.116. The largest absolute Gasteiger partial charge is 0.497 e. The van der Waals surface area contributed by atoms with Gasteiger partial charge in [0.05, 0.1) is 25.7 Å². The SMILES string of the molecule is COC(=O)N(C/C=C/C(=O)NCc1cccc(OC)c1)S(=O)(=O)c1ccc(C)cc1. The lowest BCUT2D eigenvalue weighted by Gasteiger charge is -2.19. The van der Waals surface area contributed by atoms with E-state index in [1.807, 2.05) is 13.0 Å². The smallest absolute Gasteiger partial charge is 0.423 e. The number of hydrogen-bond donors (Lipinski definition) is 1. The molecule has 0 aliphatic rings. The number of carbonyl (C=O) groups is 2. The number of nitrogens with one attached hydrogen (secondary N) is 1. The van der Waals surface area contributed by atoms with Crippen molar-refractivity contribution >= 4 is 22.0 Å². The normalized spacial score (nSPS) is 11.2. The van der Waals surface area contributed by atoms with Gasteiger partial charge in [0.1, 0.15) is 5.75 Å². The number of hydrogen-bond acceptors (Lipinski definition) is 6. The molecule has 2 amide bonds. The first-order chi connectivity index (χ1) is 14.3. The monoisotopic (exact) mass is 432 g/mol. The summed E-state index contributed by atoms with van der Waals surface area (Å²) in [4.78, 5) is 24.0. The molecule has 0 unspecified atom stereocenters. The van der Waals surface area contributed by atoms with Crippen molar-refractivity contribution in [2.75, 3.05) is 20.8 Å². The Hall–Kier alpha value is -3.33. The van der Waals surface area contributed by atoms with Crippen LogP contribution in [0.3, 0.4) is 0 Å². The maximum atomic E-state index is 12.8. The molecule has 0 heterocycles. The Bertz CT molecular complexity index is 1020. The fourth-order valence-corrected chi connectivity index (χ4v) is 3.78. The Labute approximate surface area is 176 Å². The zero-order valence-corrected chi connectivity index (χ0v) is 17.8. The molecule has 0 radical (unpaired) electrons. The Morgan fingerprint density at radius 2 is 1.80 bits per heavy atom. The molecule has 0 aliphatic heterocycles. The van der Waals surface area contributed by atoms with Crippen LogP contribution in [0, 0.1) is 6.92 Å². The van der Waals surface area contributed by atoms with Crippen LogP contribution in [-0.4, -0.2) is 45.5 Å². The summed E-state index contributed by atoms with van der Waals surface area (Å²) in [6.45, 7) is 1.74. The minimum Gasteiger partial charge on any atom is -0.497 e. The summed E-state index contributed by atoms with van der Waals surface area (Å²) in [5, 5.41) is 2.68. The molecule has 2 aromatic rings. The highest BCUT2D eigenvalue weighted by Gasteiger charge is 2.29. The lowest BCUT2D eigenvalue weighted by Crippen LogP contribution is -2.37. The van der Waals surface area contributed by atoms with Crippen LogP contribution >= 0.6 is 0 Å². The van der Waals surface area contributed by atoms with Gasteiger partial charge < -0.3 is 14.8 Å². The molecule has 0 saturated carbocycles. The molecular weight excluding hydrogens is 408 g/mol. The Morgan fingerprint density at radius 1 is 1.10 bits per heavy atom. The van der Waals surface area contributed by atoms with Crippen molar-refractivity contribution < 1.29 is 27.5 Å². The van der Waals surface area contributed by atoms with Crippen LogP contribution in [0.4, 0.5) is 4.79 Å². The van der Waals surface area contributed by atoms with E-state index in [2.05, 4.69) is 10.1 Å². The number of carbonyl (C=O) groups excluding carboxylic acids is 2. The van der Waals surface area contributed by atoms with Crippen molar-refractivity contribution in [1.82, 2.24) is 9.62 Å². The summed E-state index contributed by atoms with van der Waals surface area (Å²) in [5.41, 5.74) is 1.72. The van der Waals surface area contributed by atoms with Gasteiger partial charge in [-0.2, -0.15) is 4.31 Å². The van der Waals surface area contributed by atoms with Gasteiger partial charge in [-0.05, 0) is 36.8 Å². The third kappa shape index (κ3) is 6.08. The van der Waals surface area contributed by atoms with Crippen molar-refractivity contribution in [2.24, 2.45) is 0 Å². The molecule has 0 saturated heterocycles. The number of ether oxygens (including phenoxy) is 2. The van der Waals surface area contributed by atoms with Gasteiger partial charge in [0.25, 0.3) is 10.0 Å². The Balaban J connectivity index is 2.04. The van der Waals surface area contributed by atoms with Gasteiger partial charge in [0.15, 0.2) is 0 Å². The number of sulfonamides is 1. The second-order valence-corrected chi connectivity index (χ2v) is 8.15. The Kier molecular flexibility index (Phi) is 7.99. The van der Waals surface area contributed by atoms with Crippen molar-refractivity contribution in [3.63, 3.8) is 0 Å². The van der Waals surface area contributed by atoms with Crippen molar-refractivity contribution in [3.05, 3.63) is 71.8 Å². The third-order valence-electron chi connectivity index (χ3n) is 4.13. The molecule has 0 aromatic heterocycles. The summed E-state index contributed by atoms with van der Waals surface area (Å²) in [6.07, 6.45) is 1.40. The number of benzene rings is 2. The van der Waals surface area contributed by atoms with Gasteiger partial charge in [-0.25, -0.2) is 13.2 Å². The van der Waals surface area contributed by atoms with Crippen LogP contribution in [0.15, 0.2) is 65.6 Å². The first-order valence-electron chi connectivity index (χ1n) is 9.02. The highest BCUT2D eigenvalue weighted by molar-refractivity contribution is 7.89. The van der Waals surface area contributed by atoms with Crippen molar-refractivity contribution in [3.8, 4) is 5.75 Å². The van der Waals surface area contributed by atoms with Gasteiger partial charge in [-0.15, -0.1) is 0 Å². The third-order valence-corrected chi connectivity index (χ3v) is 5.87. The molecule has 0 atom stereocenters. The van der Waals surface area contributed by atoms with Crippen LogP contribution in [0.25, 0.3) is 0 Å². The predicted octanol–water partition coefficient (Wildman–Crippen LogP) is 2.63. The second kappa shape index (κ2) is 10.4. The number of amides is 2. The zero-order valence-electron chi connectivity index (χ0n) is 17.0. The highest BCUT2D eigenvalue weighted by Crippen LogP contribution is 2.17. The summed E-state index contributed by atoms with van der Waals surface area (Å²) < 4.78 is 35.8. The second-order valence-electron chi connectivity index (χ2n) is 6.29.